The normalized spacial score (nSPS) is 18.2. The summed E-state index contributed by atoms with van der Waals surface area (Å²) in [5.74, 6) is -0.714. The standard InChI is InChI=1S/C24H30O4/c1-23(2)10-11-24(3,4)19-14-16(7-9-18(19)23)20(25)12-15-6-8-17(22(26)27)21(13-15)28-5/h6-9,13-14,20,25H,10-12H2,1-5H3,(H,26,27). The van der Waals surface area contributed by atoms with Gasteiger partial charge >= 0.3 is 5.97 Å². The molecule has 1 aliphatic rings. The van der Waals surface area contributed by atoms with Crippen molar-refractivity contribution in [2.24, 2.45) is 0 Å². The van der Waals surface area contributed by atoms with Crippen molar-refractivity contribution in [1.29, 1.82) is 0 Å². The highest BCUT2D eigenvalue weighted by Crippen LogP contribution is 2.46. The molecule has 2 aromatic carbocycles. The summed E-state index contributed by atoms with van der Waals surface area (Å²) >= 11 is 0. The topological polar surface area (TPSA) is 66.8 Å². The van der Waals surface area contributed by atoms with Crippen molar-refractivity contribution in [2.75, 3.05) is 7.11 Å². The second kappa shape index (κ2) is 7.25. The van der Waals surface area contributed by atoms with E-state index in [0.717, 1.165) is 24.0 Å². The number of rotatable bonds is 5. The van der Waals surface area contributed by atoms with E-state index in [-0.39, 0.29) is 16.4 Å². The molecule has 28 heavy (non-hydrogen) atoms. The third kappa shape index (κ3) is 3.79. The summed E-state index contributed by atoms with van der Waals surface area (Å²) in [7, 11) is 1.45. The molecule has 2 aromatic rings. The van der Waals surface area contributed by atoms with Crippen LogP contribution in [0.2, 0.25) is 0 Å². The van der Waals surface area contributed by atoms with E-state index in [4.69, 9.17) is 4.74 Å². The minimum Gasteiger partial charge on any atom is -0.496 e. The van der Waals surface area contributed by atoms with Gasteiger partial charge in [0.2, 0.25) is 0 Å². The van der Waals surface area contributed by atoms with Gasteiger partial charge in [0.1, 0.15) is 11.3 Å². The largest absolute Gasteiger partial charge is 0.496 e. The molecule has 0 bridgehead atoms. The lowest BCUT2D eigenvalue weighted by molar-refractivity contribution is 0.0693. The van der Waals surface area contributed by atoms with Crippen LogP contribution in [0.5, 0.6) is 5.75 Å². The Labute approximate surface area is 167 Å². The molecule has 0 amide bonds. The molecule has 0 saturated heterocycles. The van der Waals surface area contributed by atoms with Gasteiger partial charge in [-0.05, 0) is 58.1 Å². The molecule has 0 heterocycles. The zero-order valence-electron chi connectivity index (χ0n) is 17.4. The molecule has 1 atom stereocenters. The zero-order valence-corrected chi connectivity index (χ0v) is 17.4. The van der Waals surface area contributed by atoms with Crippen molar-refractivity contribution in [3.63, 3.8) is 0 Å². The van der Waals surface area contributed by atoms with Crippen LogP contribution in [0.1, 0.15) is 79.3 Å². The smallest absolute Gasteiger partial charge is 0.339 e. The fourth-order valence-corrected chi connectivity index (χ4v) is 4.19. The summed E-state index contributed by atoms with van der Waals surface area (Å²) in [6.07, 6.45) is 2.02. The molecule has 0 fully saturated rings. The molecule has 0 spiro atoms. The van der Waals surface area contributed by atoms with E-state index in [1.165, 1.54) is 24.3 Å². The fourth-order valence-electron chi connectivity index (χ4n) is 4.19. The Kier molecular flexibility index (Phi) is 5.28. The lowest BCUT2D eigenvalue weighted by atomic mass is 9.63. The molecule has 0 radical (unpaired) electrons. The summed E-state index contributed by atoms with van der Waals surface area (Å²) in [5.41, 5.74) is 4.78. The van der Waals surface area contributed by atoms with Gasteiger partial charge in [-0.2, -0.15) is 0 Å². The number of carbonyl (C=O) groups is 1. The highest BCUT2D eigenvalue weighted by molar-refractivity contribution is 5.91. The SMILES string of the molecule is COc1cc(CC(O)c2ccc3c(c2)C(C)(C)CCC3(C)C)ccc1C(=O)O. The zero-order chi connectivity index (χ0) is 20.7. The van der Waals surface area contributed by atoms with Gasteiger partial charge in [-0.25, -0.2) is 4.79 Å². The third-order valence-electron chi connectivity index (χ3n) is 6.19. The number of ether oxygens (including phenoxy) is 1. The highest BCUT2D eigenvalue weighted by atomic mass is 16.5. The monoisotopic (exact) mass is 382 g/mol. The third-order valence-corrected chi connectivity index (χ3v) is 6.19. The molecular weight excluding hydrogens is 352 g/mol. The molecule has 4 heteroatoms. The number of aliphatic hydroxyl groups excluding tert-OH is 1. The van der Waals surface area contributed by atoms with Gasteiger partial charge < -0.3 is 14.9 Å². The second-order valence-corrected chi connectivity index (χ2v) is 9.13. The number of hydrogen-bond donors (Lipinski definition) is 2. The Morgan fingerprint density at radius 1 is 1.04 bits per heavy atom. The molecule has 0 aromatic heterocycles. The molecule has 0 saturated carbocycles. The van der Waals surface area contributed by atoms with Crippen LogP contribution in [-0.2, 0) is 17.3 Å². The van der Waals surface area contributed by atoms with Crippen LogP contribution in [0.3, 0.4) is 0 Å². The van der Waals surface area contributed by atoms with Crippen LogP contribution in [0.15, 0.2) is 36.4 Å². The summed E-state index contributed by atoms with van der Waals surface area (Å²) in [5, 5.41) is 20.1. The Morgan fingerprint density at radius 3 is 2.29 bits per heavy atom. The van der Waals surface area contributed by atoms with E-state index >= 15 is 0 Å². The quantitative estimate of drug-likeness (QED) is 0.762. The van der Waals surface area contributed by atoms with Crippen molar-refractivity contribution < 1.29 is 19.7 Å². The van der Waals surface area contributed by atoms with Gasteiger partial charge in [0.15, 0.2) is 0 Å². The fraction of sp³-hybridized carbons (Fsp3) is 0.458. The maximum Gasteiger partial charge on any atom is 0.339 e. The minimum absolute atomic E-state index is 0.0902. The van der Waals surface area contributed by atoms with E-state index in [2.05, 4.69) is 39.8 Å². The number of aliphatic hydroxyl groups is 1. The first-order valence-electron chi connectivity index (χ1n) is 9.78. The number of carboxylic acid groups (broad SMARTS) is 1. The summed E-state index contributed by atoms with van der Waals surface area (Å²) in [4.78, 5) is 11.3. The van der Waals surface area contributed by atoms with Crippen molar-refractivity contribution >= 4 is 5.97 Å². The molecule has 3 rings (SSSR count). The predicted molar refractivity (Wildman–Crippen MR) is 110 cm³/mol. The summed E-state index contributed by atoms with van der Waals surface area (Å²) in [6, 6.07) is 11.3. The maximum atomic E-state index is 11.3. The van der Waals surface area contributed by atoms with Crippen LogP contribution in [0.4, 0.5) is 0 Å². The average molecular weight is 383 g/mol. The second-order valence-electron chi connectivity index (χ2n) is 9.13. The van der Waals surface area contributed by atoms with Crippen molar-refractivity contribution in [1.82, 2.24) is 0 Å². The minimum atomic E-state index is -1.02. The van der Waals surface area contributed by atoms with Gasteiger partial charge in [0, 0.05) is 6.42 Å². The average Bonchev–Trinajstić information content (AvgIpc) is 2.65. The lowest BCUT2D eigenvalue weighted by Crippen LogP contribution is -2.34. The van der Waals surface area contributed by atoms with Crippen LogP contribution in [0, 0.1) is 0 Å². The molecule has 0 aliphatic heterocycles. The molecule has 2 N–H and O–H groups in total. The van der Waals surface area contributed by atoms with Gasteiger partial charge in [-0.15, -0.1) is 0 Å². The molecule has 4 nitrogen and oxygen atoms in total. The number of benzene rings is 2. The van der Waals surface area contributed by atoms with E-state index in [1.807, 2.05) is 6.07 Å². The molecule has 150 valence electrons. The van der Waals surface area contributed by atoms with E-state index in [9.17, 15) is 15.0 Å². The first kappa shape index (κ1) is 20.4. The van der Waals surface area contributed by atoms with Gasteiger partial charge in [-0.3, -0.25) is 0 Å². The van der Waals surface area contributed by atoms with Crippen LogP contribution < -0.4 is 4.74 Å². The van der Waals surface area contributed by atoms with E-state index in [0.29, 0.717) is 12.2 Å². The van der Waals surface area contributed by atoms with Crippen LogP contribution >= 0.6 is 0 Å². The number of carboxylic acids is 1. The Morgan fingerprint density at radius 2 is 1.68 bits per heavy atom. The summed E-state index contributed by atoms with van der Waals surface area (Å²) in [6.45, 7) is 9.11. The Balaban J connectivity index is 1.90. The van der Waals surface area contributed by atoms with Crippen LogP contribution in [0.25, 0.3) is 0 Å². The van der Waals surface area contributed by atoms with E-state index < -0.39 is 12.1 Å². The molecule has 1 aliphatic carbocycles. The maximum absolute atomic E-state index is 11.3. The first-order chi connectivity index (χ1) is 13.0. The highest BCUT2D eigenvalue weighted by Gasteiger charge is 2.37. The first-order valence-corrected chi connectivity index (χ1v) is 9.78. The van der Waals surface area contributed by atoms with Gasteiger partial charge in [-0.1, -0.05) is 52.0 Å². The molecule has 1 unspecified atom stereocenters. The Bertz CT molecular complexity index is 895. The lowest BCUT2D eigenvalue weighted by Gasteiger charge is -2.42. The van der Waals surface area contributed by atoms with Crippen molar-refractivity contribution in [2.45, 2.75) is 63.9 Å². The van der Waals surface area contributed by atoms with Crippen molar-refractivity contribution in [3.8, 4) is 5.75 Å². The van der Waals surface area contributed by atoms with Crippen molar-refractivity contribution in [3.05, 3.63) is 64.2 Å². The summed E-state index contributed by atoms with van der Waals surface area (Å²) < 4.78 is 5.20. The number of hydrogen-bond acceptors (Lipinski definition) is 3. The predicted octanol–water partition coefficient (Wildman–Crippen LogP) is 5.02. The number of fused-ring (bicyclic) bond motifs is 1. The molecular formula is C24H30O4. The van der Waals surface area contributed by atoms with Gasteiger partial charge in [0.25, 0.3) is 0 Å². The number of aromatic carboxylic acids is 1. The number of methoxy groups -OCH3 is 1. The van der Waals surface area contributed by atoms with Gasteiger partial charge in [0.05, 0.1) is 13.2 Å². The van der Waals surface area contributed by atoms with Crippen LogP contribution in [-0.4, -0.2) is 23.3 Å². The Hall–Kier alpha value is -2.33. The van der Waals surface area contributed by atoms with E-state index in [1.54, 1.807) is 12.1 Å².